The minimum Gasteiger partial charge on any atom is -0.457 e. The van der Waals surface area contributed by atoms with Gasteiger partial charge in [-0.1, -0.05) is 55.5 Å². The molecule has 3 rings (SSSR count). The molecule has 8 nitrogen and oxygen atoms in total. The minimum absolute atomic E-state index is 0.0539. The predicted molar refractivity (Wildman–Crippen MR) is 123 cm³/mol. The SMILES string of the molecule is C=CCn1c(=O)n(CC=C)c(=O)n(CC(CC)OC(=O)c2cccc3ccccc23)c1=O. The summed E-state index contributed by atoms with van der Waals surface area (Å²) in [6.45, 7) is 8.61. The summed E-state index contributed by atoms with van der Waals surface area (Å²) < 4.78 is 8.41. The highest BCUT2D eigenvalue weighted by molar-refractivity contribution is 6.04. The zero-order valence-electron chi connectivity index (χ0n) is 17.9. The van der Waals surface area contributed by atoms with Crippen molar-refractivity contribution in [1.82, 2.24) is 13.7 Å². The maximum atomic E-state index is 12.9. The van der Waals surface area contributed by atoms with E-state index in [-0.39, 0.29) is 19.6 Å². The maximum Gasteiger partial charge on any atom is 0.339 e. The summed E-state index contributed by atoms with van der Waals surface area (Å²) in [5.74, 6) is -0.549. The normalized spacial score (nSPS) is 11.8. The highest BCUT2D eigenvalue weighted by Crippen LogP contribution is 2.20. The lowest BCUT2D eigenvalue weighted by molar-refractivity contribution is 0.0244. The van der Waals surface area contributed by atoms with Gasteiger partial charge in [0.15, 0.2) is 0 Å². The maximum absolute atomic E-state index is 12.9. The van der Waals surface area contributed by atoms with Gasteiger partial charge in [-0.05, 0) is 23.3 Å². The van der Waals surface area contributed by atoms with Gasteiger partial charge in [0.2, 0.25) is 0 Å². The van der Waals surface area contributed by atoms with Crippen molar-refractivity contribution in [1.29, 1.82) is 0 Å². The lowest BCUT2D eigenvalue weighted by Crippen LogP contribution is -2.55. The van der Waals surface area contributed by atoms with E-state index in [1.807, 2.05) is 30.3 Å². The Labute approximate surface area is 184 Å². The van der Waals surface area contributed by atoms with E-state index in [1.54, 1.807) is 19.1 Å². The first-order chi connectivity index (χ1) is 15.4. The molecule has 1 heterocycles. The van der Waals surface area contributed by atoms with Crippen molar-refractivity contribution in [2.45, 2.75) is 39.1 Å². The number of allylic oxidation sites excluding steroid dienone is 2. The first-order valence-corrected chi connectivity index (χ1v) is 10.3. The standard InChI is InChI=1S/C24H25N3O5/c1-4-14-25-22(29)26(15-5-2)24(31)27(23(25)30)16-18(6-3)32-21(28)20-13-9-11-17-10-7-8-12-19(17)20/h4-5,7-13,18H,1-2,6,14-16H2,3H3. The molecule has 166 valence electrons. The molecule has 0 aliphatic heterocycles. The van der Waals surface area contributed by atoms with Crippen LogP contribution in [0.15, 0.2) is 82.2 Å². The third-order valence-corrected chi connectivity index (χ3v) is 5.13. The molecule has 0 bridgehead atoms. The number of hydrogen-bond donors (Lipinski definition) is 0. The molecule has 0 fully saturated rings. The highest BCUT2D eigenvalue weighted by Gasteiger charge is 2.21. The van der Waals surface area contributed by atoms with Gasteiger partial charge >= 0.3 is 23.0 Å². The number of nitrogens with zero attached hydrogens (tertiary/aromatic N) is 3. The smallest absolute Gasteiger partial charge is 0.339 e. The Morgan fingerprint density at radius 2 is 1.47 bits per heavy atom. The molecule has 1 aromatic heterocycles. The number of carbonyl (C=O) groups is 1. The molecule has 0 saturated carbocycles. The third kappa shape index (κ3) is 4.39. The second kappa shape index (κ2) is 9.91. The Bertz CT molecular complexity index is 1290. The molecule has 0 aliphatic rings. The number of benzene rings is 2. The van der Waals surface area contributed by atoms with Crippen LogP contribution in [0.5, 0.6) is 0 Å². The van der Waals surface area contributed by atoms with Gasteiger partial charge in [0, 0.05) is 0 Å². The molecule has 0 N–H and O–H groups in total. The van der Waals surface area contributed by atoms with Crippen LogP contribution >= 0.6 is 0 Å². The van der Waals surface area contributed by atoms with E-state index in [0.717, 1.165) is 24.5 Å². The Kier molecular flexibility index (Phi) is 7.04. The summed E-state index contributed by atoms with van der Waals surface area (Å²) in [4.78, 5) is 51.1. The average molecular weight is 435 g/mol. The molecule has 0 radical (unpaired) electrons. The molecule has 0 spiro atoms. The number of fused-ring (bicyclic) bond motifs is 1. The minimum atomic E-state index is -0.778. The summed E-state index contributed by atoms with van der Waals surface area (Å²) in [7, 11) is 0. The molecule has 0 aliphatic carbocycles. The Morgan fingerprint density at radius 3 is 2.06 bits per heavy atom. The Balaban J connectivity index is 1.98. The number of hydrogen-bond acceptors (Lipinski definition) is 5. The Hall–Kier alpha value is -3.94. The van der Waals surface area contributed by atoms with Crippen LogP contribution in [-0.2, 0) is 24.4 Å². The molecule has 8 heteroatoms. The largest absolute Gasteiger partial charge is 0.457 e. The second-order valence-electron chi connectivity index (χ2n) is 7.22. The predicted octanol–water partition coefficient (Wildman–Crippen LogP) is 2.33. The van der Waals surface area contributed by atoms with Gasteiger partial charge in [-0.25, -0.2) is 32.9 Å². The fourth-order valence-corrected chi connectivity index (χ4v) is 3.48. The van der Waals surface area contributed by atoms with Crippen LogP contribution in [0.3, 0.4) is 0 Å². The van der Waals surface area contributed by atoms with Crippen molar-refractivity contribution in [3.8, 4) is 0 Å². The van der Waals surface area contributed by atoms with Crippen LogP contribution in [0.2, 0.25) is 0 Å². The van der Waals surface area contributed by atoms with Crippen molar-refractivity contribution in [2.24, 2.45) is 0 Å². The van der Waals surface area contributed by atoms with E-state index in [1.165, 1.54) is 12.2 Å². The molecule has 0 saturated heterocycles. The summed E-state index contributed by atoms with van der Waals surface area (Å²) in [5.41, 5.74) is -1.90. The van der Waals surface area contributed by atoms with E-state index >= 15 is 0 Å². The van der Waals surface area contributed by atoms with Gasteiger partial charge in [-0.3, -0.25) is 0 Å². The highest BCUT2D eigenvalue weighted by atomic mass is 16.5. The number of ether oxygens (including phenoxy) is 1. The molecule has 1 atom stereocenters. The number of carbonyl (C=O) groups excluding carboxylic acids is 1. The van der Waals surface area contributed by atoms with Crippen molar-refractivity contribution in [3.63, 3.8) is 0 Å². The van der Waals surface area contributed by atoms with Gasteiger partial charge in [0.05, 0.1) is 25.2 Å². The zero-order valence-corrected chi connectivity index (χ0v) is 17.9. The van der Waals surface area contributed by atoms with Crippen molar-refractivity contribution < 1.29 is 9.53 Å². The first-order valence-electron chi connectivity index (χ1n) is 10.3. The van der Waals surface area contributed by atoms with E-state index < -0.39 is 29.1 Å². The molecule has 0 amide bonds. The topological polar surface area (TPSA) is 92.3 Å². The van der Waals surface area contributed by atoms with E-state index in [4.69, 9.17) is 4.74 Å². The summed E-state index contributed by atoms with van der Waals surface area (Å²) in [6.07, 6.45) is 2.41. The molecular formula is C24H25N3O5. The van der Waals surface area contributed by atoms with Gasteiger partial charge in [0.1, 0.15) is 6.10 Å². The quantitative estimate of drug-likeness (QED) is 0.380. The van der Waals surface area contributed by atoms with Gasteiger partial charge in [-0.2, -0.15) is 0 Å². The van der Waals surface area contributed by atoms with Gasteiger partial charge in [-0.15, -0.1) is 13.2 Å². The molecule has 32 heavy (non-hydrogen) atoms. The molecule has 2 aromatic carbocycles. The van der Waals surface area contributed by atoms with E-state index in [2.05, 4.69) is 13.2 Å². The monoisotopic (exact) mass is 435 g/mol. The summed E-state index contributed by atoms with van der Waals surface area (Å²) in [6, 6.07) is 12.8. The van der Waals surface area contributed by atoms with Crippen LogP contribution in [0.25, 0.3) is 10.8 Å². The number of rotatable bonds is 9. The fraction of sp³-hybridized carbons (Fsp3) is 0.250. The number of esters is 1. The van der Waals surface area contributed by atoms with Crippen molar-refractivity contribution in [2.75, 3.05) is 0 Å². The van der Waals surface area contributed by atoms with Crippen LogP contribution in [-0.4, -0.2) is 25.8 Å². The fourth-order valence-electron chi connectivity index (χ4n) is 3.48. The van der Waals surface area contributed by atoms with Crippen LogP contribution in [0.4, 0.5) is 0 Å². The van der Waals surface area contributed by atoms with Crippen LogP contribution in [0.1, 0.15) is 23.7 Å². The van der Waals surface area contributed by atoms with Gasteiger partial charge < -0.3 is 4.74 Å². The van der Waals surface area contributed by atoms with E-state index in [0.29, 0.717) is 12.0 Å². The molecule has 1 unspecified atom stereocenters. The summed E-state index contributed by atoms with van der Waals surface area (Å²) in [5, 5.41) is 1.65. The third-order valence-electron chi connectivity index (χ3n) is 5.13. The van der Waals surface area contributed by atoms with Crippen LogP contribution < -0.4 is 17.1 Å². The molecule has 3 aromatic rings. The first kappa shape index (κ1) is 22.7. The Morgan fingerprint density at radius 1 is 0.906 bits per heavy atom. The van der Waals surface area contributed by atoms with Crippen molar-refractivity contribution >= 4 is 16.7 Å². The van der Waals surface area contributed by atoms with Gasteiger partial charge in [0.25, 0.3) is 0 Å². The summed E-state index contributed by atoms with van der Waals surface area (Å²) >= 11 is 0. The average Bonchev–Trinajstić information content (AvgIpc) is 2.81. The molecular weight excluding hydrogens is 410 g/mol. The number of aromatic nitrogens is 3. The van der Waals surface area contributed by atoms with Crippen molar-refractivity contribution in [3.05, 3.63) is 105 Å². The van der Waals surface area contributed by atoms with Crippen LogP contribution in [0, 0.1) is 0 Å². The lowest BCUT2D eigenvalue weighted by Gasteiger charge is -2.19. The second-order valence-corrected chi connectivity index (χ2v) is 7.22. The van der Waals surface area contributed by atoms with E-state index in [9.17, 15) is 19.2 Å². The lowest BCUT2D eigenvalue weighted by atomic mass is 10.0. The zero-order chi connectivity index (χ0) is 23.3.